The van der Waals surface area contributed by atoms with Crippen LogP contribution in [-0.2, 0) is 20.2 Å². The first-order valence-corrected chi connectivity index (χ1v) is 10.8. The van der Waals surface area contributed by atoms with Crippen LogP contribution in [0.4, 0.5) is 0 Å². The molecule has 152 valence electrons. The maximum absolute atomic E-state index is 12.6. The molecule has 0 aliphatic heterocycles. The number of H-pyrrole nitrogens is 1. The van der Waals surface area contributed by atoms with Crippen LogP contribution in [0, 0.1) is 6.92 Å². The third-order valence-electron chi connectivity index (χ3n) is 3.62. The number of aromatic nitrogens is 2. The van der Waals surface area contributed by atoms with Gasteiger partial charge in [-0.15, -0.1) is 0 Å². The number of aromatic amines is 1. The highest BCUT2D eigenvalue weighted by molar-refractivity contribution is 7.87. The van der Waals surface area contributed by atoms with E-state index in [-0.39, 0.29) is 10.7 Å². The van der Waals surface area contributed by atoms with Crippen molar-refractivity contribution in [3.63, 3.8) is 0 Å². The van der Waals surface area contributed by atoms with Crippen LogP contribution in [0.2, 0.25) is 0 Å². The number of nitrogens with one attached hydrogen (secondary N) is 1. The van der Waals surface area contributed by atoms with Gasteiger partial charge in [0.15, 0.2) is 5.75 Å². The maximum atomic E-state index is 12.6. The van der Waals surface area contributed by atoms with E-state index in [0.717, 1.165) is 23.8 Å². The number of aryl methyl sites for hydroxylation is 1. The molecule has 0 amide bonds. The standard InChI is InChI=1S/C17H14N2O8S2/c1-11-5-7-12(8-6-11)29(24,25)27-15-13(3-2-4-14(15)28(21,22)23)26-17(20)16-18-9-10-19-16/h2-10H,1H3,(H,18,19)(H,21,22,23). The number of nitrogens with zero attached hydrogens (tertiary/aromatic N) is 1. The molecule has 1 aromatic heterocycles. The topological polar surface area (TPSA) is 153 Å². The lowest BCUT2D eigenvalue weighted by Crippen LogP contribution is -2.16. The van der Waals surface area contributed by atoms with Crippen LogP contribution >= 0.6 is 0 Å². The van der Waals surface area contributed by atoms with Gasteiger partial charge in [-0.05, 0) is 31.2 Å². The Morgan fingerprint density at radius 3 is 2.34 bits per heavy atom. The molecule has 0 aliphatic carbocycles. The van der Waals surface area contributed by atoms with Gasteiger partial charge in [0.1, 0.15) is 9.79 Å². The van der Waals surface area contributed by atoms with Crippen molar-refractivity contribution in [2.75, 3.05) is 0 Å². The molecular weight excluding hydrogens is 424 g/mol. The van der Waals surface area contributed by atoms with Crippen LogP contribution < -0.4 is 8.92 Å². The molecule has 3 rings (SSSR count). The van der Waals surface area contributed by atoms with Crippen molar-refractivity contribution in [1.82, 2.24) is 9.97 Å². The van der Waals surface area contributed by atoms with Crippen molar-refractivity contribution in [3.05, 3.63) is 66.2 Å². The Morgan fingerprint density at radius 2 is 1.76 bits per heavy atom. The molecule has 0 radical (unpaired) electrons. The number of ether oxygens (including phenoxy) is 1. The fourth-order valence-electron chi connectivity index (χ4n) is 2.25. The number of hydrogen-bond acceptors (Lipinski definition) is 8. The van der Waals surface area contributed by atoms with Gasteiger partial charge in [0, 0.05) is 12.4 Å². The molecule has 0 atom stereocenters. The number of hydrogen-bond donors (Lipinski definition) is 2. The average molecular weight is 438 g/mol. The summed E-state index contributed by atoms with van der Waals surface area (Å²) in [4.78, 5) is 17.1. The zero-order chi connectivity index (χ0) is 21.2. The number of para-hydroxylation sites is 1. The van der Waals surface area contributed by atoms with E-state index in [4.69, 9.17) is 8.92 Å². The summed E-state index contributed by atoms with van der Waals surface area (Å²) in [6.07, 6.45) is 2.63. The van der Waals surface area contributed by atoms with Crippen LogP contribution in [0.15, 0.2) is 64.6 Å². The summed E-state index contributed by atoms with van der Waals surface area (Å²) in [6.45, 7) is 1.75. The summed E-state index contributed by atoms with van der Waals surface area (Å²) < 4.78 is 68.1. The van der Waals surface area contributed by atoms with Crippen molar-refractivity contribution in [2.45, 2.75) is 16.7 Å². The smallest absolute Gasteiger partial charge is 0.379 e. The van der Waals surface area contributed by atoms with Gasteiger partial charge in [-0.3, -0.25) is 4.55 Å². The molecule has 0 unspecified atom stereocenters. The molecule has 0 saturated heterocycles. The summed E-state index contributed by atoms with van der Waals surface area (Å²) in [6, 6.07) is 8.70. The predicted octanol–water partition coefficient (Wildman–Crippen LogP) is 1.95. The van der Waals surface area contributed by atoms with Gasteiger partial charge in [0.05, 0.1) is 0 Å². The highest BCUT2D eigenvalue weighted by atomic mass is 32.2. The number of benzene rings is 2. The highest BCUT2D eigenvalue weighted by Gasteiger charge is 2.28. The molecule has 0 aliphatic rings. The summed E-state index contributed by atoms with van der Waals surface area (Å²) in [5, 5.41) is 0. The van der Waals surface area contributed by atoms with Crippen LogP contribution in [-0.4, -0.2) is 37.3 Å². The Bertz CT molecular complexity index is 1250. The molecule has 10 nitrogen and oxygen atoms in total. The molecule has 0 saturated carbocycles. The van der Waals surface area contributed by atoms with Crippen molar-refractivity contribution >= 4 is 26.2 Å². The number of rotatable bonds is 6. The van der Waals surface area contributed by atoms with Gasteiger partial charge in [0.25, 0.3) is 10.1 Å². The van der Waals surface area contributed by atoms with Gasteiger partial charge in [-0.2, -0.15) is 16.8 Å². The summed E-state index contributed by atoms with van der Waals surface area (Å²) >= 11 is 0. The summed E-state index contributed by atoms with van der Waals surface area (Å²) in [5.74, 6) is -2.65. The van der Waals surface area contributed by atoms with E-state index in [1.165, 1.54) is 36.7 Å². The first kappa shape index (κ1) is 20.5. The molecule has 1 heterocycles. The Balaban J connectivity index is 2.07. The Hall–Kier alpha value is -3.22. The molecule has 0 bridgehead atoms. The maximum Gasteiger partial charge on any atom is 0.379 e. The third kappa shape index (κ3) is 4.62. The van der Waals surface area contributed by atoms with Crippen molar-refractivity contribution in [2.24, 2.45) is 0 Å². The zero-order valence-corrected chi connectivity index (χ0v) is 16.4. The van der Waals surface area contributed by atoms with Crippen LogP contribution in [0.1, 0.15) is 16.2 Å². The van der Waals surface area contributed by atoms with Crippen molar-refractivity contribution < 1.29 is 35.1 Å². The van der Waals surface area contributed by atoms with Crippen LogP contribution in [0.3, 0.4) is 0 Å². The molecule has 2 aromatic carbocycles. The lowest BCUT2D eigenvalue weighted by atomic mass is 10.2. The molecule has 0 spiro atoms. The van der Waals surface area contributed by atoms with E-state index in [0.29, 0.717) is 0 Å². The number of carbonyl (C=O) groups is 1. The van der Waals surface area contributed by atoms with Crippen LogP contribution in [0.25, 0.3) is 0 Å². The van der Waals surface area contributed by atoms with E-state index in [2.05, 4.69) is 9.97 Å². The SMILES string of the molecule is Cc1ccc(S(=O)(=O)Oc2c(OC(=O)c3ncc[nH]3)cccc2S(=O)(=O)O)cc1. The highest BCUT2D eigenvalue weighted by Crippen LogP contribution is 2.36. The van der Waals surface area contributed by atoms with Gasteiger partial charge < -0.3 is 13.9 Å². The monoisotopic (exact) mass is 438 g/mol. The molecule has 0 fully saturated rings. The fourth-order valence-corrected chi connectivity index (χ4v) is 3.89. The Kier molecular flexibility index (Phi) is 5.42. The van der Waals surface area contributed by atoms with Gasteiger partial charge >= 0.3 is 16.1 Å². The second kappa shape index (κ2) is 7.66. The van der Waals surface area contributed by atoms with Gasteiger partial charge in [0.2, 0.25) is 11.6 Å². The fraction of sp³-hybridized carbons (Fsp3) is 0.0588. The van der Waals surface area contributed by atoms with E-state index >= 15 is 0 Å². The third-order valence-corrected chi connectivity index (χ3v) is 5.73. The molecular formula is C17H14N2O8S2. The largest absolute Gasteiger partial charge is 0.417 e. The second-order valence-electron chi connectivity index (χ2n) is 5.74. The first-order valence-electron chi connectivity index (χ1n) is 7.91. The van der Waals surface area contributed by atoms with Crippen molar-refractivity contribution in [3.8, 4) is 11.5 Å². The lowest BCUT2D eigenvalue weighted by molar-refractivity contribution is 0.0719. The van der Waals surface area contributed by atoms with E-state index in [9.17, 15) is 26.2 Å². The molecule has 3 aromatic rings. The lowest BCUT2D eigenvalue weighted by Gasteiger charge is -2.14. The van der Waals surface area contributed by atoms with E-state index in [1.807, 2.05) is 0 Å². The Labute approximate surface area is 166 Å². The quantitative estimate of drug-likeness (QED) is 0.254. The number of carbonyl (C=O) groups excluding carboxylic acids is 1. The summed E-state index contributed by atoms with van der Waals surface area (Å²) in [7, 11) is -9.43. The zero-order valence-electron chi connectivity index (χ0n) is 14.8. The van der Waals surface area contributed by atoms with Gasteiger partial charge in [-0.25, -0.2) is 9.78 Å². The molecule has 2 N–H and O–H groups in total. The normalized spacial score (nSPS) is 11.8. The molecule has 12 heteroatoms. The van der Waals surface area contributed by atoms with Crippen LogP contribution in [0.5, 0.6) is 11.5 Å². The average Bonchev–Trinajstić information content (AvgIpc) is 3.17. The van der Waals surface area contributed by atoms with Gasteiger partial charge in [-0.1, -0.05) is 23.8 Å². The number of imidazole rings is 1. The predicted molar refractivity (Wildman–Crippen MR) is 98.8 cm³/mol. The van der Waals surface area contributed by atoms with E-state index < -0.39 is 42.6 Å². The Morgan fingerprint density at radius 1 is 1.07 bits per heavy atom. The minimum atomic E-state index is -4.91. The molecule has 29 heavy (non-hydrogen) atoms. The second-order valence-corrected chi connectivity index (χ2v) is 8.67. The minimum Gasteiger partial charge on any atom is -0.417 e. The summed E-state index contributed by atoms with van der Waals surface area (Å²) in [5.41, 5.74) is 0.787. The van der Waals surface area contributed by atoms with Crippen molar-refractivity contribution in [1.29, 1.82) is 0 Å². The minimum absolute atomic E-state index is 0.213. The first-order chi connectivity index (χ1) is 13.6. The number of esters is 1. The van der Waals surface area contributed by atoms with E-state index in [1.54, 1.807) is 6.92 Å².